The average molecular weight is 281 g/mol. The summed E-state index contributed by atoms with van der Waals surface area (Å²) in [5.41, 5.74) is 5.48. The number of rotatable bonds is 4. The summed E-state index contributed by atoms with van der Waals surface area (Å²) in [7, 11) is 0. The molecule has 0 heterocycles. The van der Waals surface area contributed by atoms with Crippen LogP contribution >= 0.6 is 0 Å². The second-order valence-corrected chi connectivity index (χ2v) is 6.79. The molecule has 2 aromatic rings. The van der Waals surface area contributed by atoms with Gasteiger partial charge in [-0.1, -0.05) is 64.1 Å². The molecule has 1 heteroatoms. The molecule has 2 aromatic carbocycles. The lowest BCUT2D eigenvalue weighted by atomic mass is 9.86. The largest absolute Gasteiger partial charge is 0.379 e. The summed E-state index contributed by atoms with van der Waals surface area (Å²) in [6, 6.07) is 17.9. The van der Waals surface area contributed by atoms with E-state index in [9.17, 15) is 0 Å². The van der Waals surface area contributed by atoms with E-state index in [0.717, 1.165) is 6.42 Å². The van der Waals surface area contributed by atoms with Crippen LogP contribution < -0.4 is 5.32 Å². The quantitative estimate of drug-likeness (QED) is 0.755. The zero-order valence-electron chi connectivity index (χ0n) is 13.9. The molecule has 1 nitrogen and oxygen atoms in total. The van der Waals surface area contributed by atoms with Crippen molar-refractivity contribution in [2.75, 3.05) is 5.32 Å². The normalized spacial score (nSPS) is 13.0. The Bertz CT molecular complexity index is 576. The first-order valence-electron chi connectivity index (χ1n) is 7.86. The van der Waals surface area contributed by atoms with Crippen LogP contribution in [0.5, 0.6) is 0 Å². The first-order chi connectivity index (χ1) is 9.90. The third-order valence-corrected chi connectivity index (χ3v) is 4.00. The van der Waals surface area contributed by atoms with Crippen molar-refractivity contribution in [2.45, 2.75) is 52.5 Å². The van der Waals surface area contributed by atoms with Crippen LogP contribution in [-0.2, 0) is 11.8 Å². The van der Waals surface area contributed by atoms with Gasteiger partial charge in [-0.3, -0.25) is 0 Å². The van der Waals surface area contributed by atoms with Crippen molar-refractivity contribution in [3.63, 3.8) is 0 Å². The summed E-state index contributed by atoms with van der Waals surface area (Å²) in [6.07, 6.45) is 1.07. The maximum absolute atomic E-state index is 3.59. The van der Waals surface area contributed by atoms with Gasteiger partial charge in [-0.05, 0) is 47.6 Å². The summed E-state index contributed by atoms with van der Waals surface area (Å²) < 4.78 is 0. The number of nitrogens with one attached hydrogen (secondary N) is 1. The third kappa shape index (κ3) is 4.10. The molecule has 0 saturated carbocycles. The summed E-state index contributed by atoms with van der Waals surface area (Å²) in [4.78, 5) is 0. The van der Waals surface area contributed by atoms with Gasteiger partial charge in [-0.2, -0.15) is 0 Å². The standard InChI is InChI=1S/C20H27N/c1-6-16-8-7-9-19(14-16)21-15(2)17-10-12-18(13-11-17)20(3,4)5/h7-15,21H,6H2,1-5H3. The molecule has 1 N–H and O–H groups in total. The Labute approximate surface area is 129 Å². The number of hydrogen-bond donors (Lipinski definition) is 1. The second kappa shape index (κ2) is 6.34. The fourth-order valence-corrected chi connectivity index (χ4v) is 2.49. The molecule has 0 bridgehead atoms. The van der Waals surface area contributed by atoms with Crippen LogP contribution in [0.1, 0.15) is 57.4 Å². The number of benzene rings is 2. The zero-order chi connectivity index (χ0) is 15.5. The topological polar surface area (TPSA) is 12.0 Å². The molecule has 0 aliphatic carbocycles. The van der Waals surface area contributed by atoms with Crippen LogP contribution in [0.15, 0.2) is 48.5 Å². The molecule has 0 saturated heterocycles. The van der Waals surface area contributed by atoms with E-state index in [1.54, 1.807) is 0 Å². The molecular formula is C20H27N. The summed E-state index contributed by atoms with van der Waals surface area (Å²) in [5, 5.41) is 3.59. The lowest BCUT2D eigenvalue weighted by Gasteiger charge is -2.21. The van der Waals surface area contributed by atoms with Crippen molar-refractivity contribution in [1.82, 2.24) is 0 Å². The average Bonchev–Trinajstić information content (AvgIpc) is 2.46. The summed E-state index contributed by atoms with van der Waals surface area (Å²) >= 11 is 0. The Hall–Kier alpha value is -1.76. The van der Waals surface area contributed by atoms with Crippen LogP contribution in [0, 0.1) is 0 Å². The highest BCUT2D eigenvalue weighted by molar-refractivity contribution is 5.48. The van der Waals surface area contributed by atoms with E-state index in [1.807, 2.05) is 0 Å². The summed E-state index contributed by atoms with van der Waals surface area (Å²) in [5.74, 6) is 0. The SMILES string of the molecule is CCc1cccc(NC(C)c2ccc(C(C)(C)C)cc2)c1. The van der Waals surface area contributed by atoms with Gasteiger partial charge < -0.3 is 5.32 Å². The molecule has 2 rings (SSSR count). The van der Waals surface area contributed by atoms with Gasteiger partial charge >= 0.3 is 0 Å². The first kappa shape index (κ1) is 15.6. The Balaban J connectivity index is 2.11. The lowest BCUT2D eigenvalue weighted by Crippen LogP contribution is -2.12. The van der Waals surface area contributed by atoms with Crippen LogP contribution in [-0.4, -0.2) is 0 Å². The zero-order valence-corrected chi connectivity index (χ0v) is 13.9. The second-order valence-electron chi connectivity index (χ2n) is 6.79. The van der Waals surface area contributed by atoms with Crippen LogP contribution in [0.3, 0.4) is 0 Å². The highest BCUT2D eigenvalue weighted by Crippen LogP contribution is 2.25. The van der Waals surface area contributed by atoms with Crippen molar-refractivity contribution in [1.29, 1.82) is 0 Å². The molecule has 0 spiro atoms. The van der Waals surface area contributed by atoms with E-state index in [1.165, 1.54) is 22.4 Å². The van der Waals surface area contributed by atoms with E-state index in [2.05, 4.69) is 88.5 Å². The van der Waals surface area contributed by atoms with Crippen LogP contribution in [0.2, 0.25) is 0 Å². The molecule has 0 fully saturated rings. The lowest BCUT2D eigenvalue weighted by molar-refractivity contribution is 0.589. The smallest absolute Gasteiger partial charge is 0.0485 e. The molecule has 1 atom stereocenters. The van der Waals surface area contributed by atoms with E-state index in [4.69, 9.17) is 0 Å². The van der Waals surface area contributed by atoms with E-state index >= 15 is 0 Å². The molecule has 0 aliphatic heterocycles. The van der Waals surface area contributed by atoms with Crippen LogP contribution in [0.4, 0.5) is 5.69 Å². The molecule has 0 aliphatic rings. The number of hydrogen-bond acceptors (Lipinski definition) is 1. The highest BCUT2D eigenvalue weighted by Gasteiger charge is 2.14. The molecule has 0 aromatic heterocycles. The predicted molar refractivity (Wildman–Crippen MR) is 93.0 cm³/mol. The van der Waals surface area contributed by atoms with Gasteiger partial charge in [0.15, 0.2) is 0 Å². The third-order valence-electron chi connectivity index (χ3n) is 4.00. The molecule has 112 valence electrons. The van der Waals surface area contributed by atoms with E-state index in [0.29, 0.717) is 6.04 Å². The minimum Gasteiger partial charge on any atom is -0.379 e. The van der Waals surface area contributed by atoms with Gasteiger partial charge in [-0.25, -0.2) is 0 Å². The van der Waals surface area contributed by atoms with Gasteiger partial charge in [-0.15, -0.1) is 0 Å². The molecule has 0 amide bonds. The predicted octanol–water partition coefficient (Wildman–Crippen LogP) is 5.72. The Morgan fingerprint density at radius 2 is 1.67 bits per heavy atom. The fraction of sp³-hybridized carbons (Fsp3) is 0.400. The van der Waals surface area contributed by atoms with Crippen molar-refractivity contribution >= 4 is 5.69 Å². The maximum atomic E-state index is 3.59. The minimum atomic E-state index is 0.213. The van der Waals surface area contributed by atoms with Gasteiger partial charge in [0, 0.05) is 11.7 Å². The van der Waals surface area contributed by atoms with Crippen molar-refractivity contribution in [3.05, 3.63) is 65.2 Å². The van der Waals surface area contributed by atoms with E-state index in [-0.39, 0.29) is 5.41 Å². The van der Waals surface area contributed by atoms with Crippen molar-refractivity contribution in [3.8, 4) is 0 Å². The van der Waals surface area contributed by atoms with Gasteiger partial charge in [0.1, 0.15) is 0 Å². The number of aryl methyl sites for hydroxylation is 1. The minimum absolute atomic E-state index is 0.213. The molecular weight excluding hydrogens is 254 g/mol. The van der Waals surface area contributed by atoms with Gasteiger partial charge in [0.25, 0.3) is 0 Å². The van der Waals surface area contributed by atoms with Crippen molar-refractivity contribution in [2.24, 2.45) is 0 Å². The molecule has 1 unspecified atom stereocenters. The first-order valence-corrected chi connectivity index (χ1v) is 7.86. The molecule has 21 heavy (non-hydrogen) atoms. The summed E-state index contributed by atoms with van der Waals surface area (Å²) in [6.45, 7) is 11.2. The highest BCUT2D eigenvalue weighted by atomic mass is 14.9. The Morgan fingerprint density at radius 3 is 2.24 bits per heavy atom. The van der Waals surface area contributed by atoms with E-state index < -0.39 is 0 Å². The molecule has 0 radical (unpaired) electrons. The van der Waals surface area contributed by atoms with Crippen LogP contribution in [0.25, 0.3) is 0 Å². The van der Waals surface area contributed by atoms with Gasteiger partial charge in [0.05, 0.1) is 0 Å². The number of anilines is 1. The van der Waals surface area contributed by atoms with Crippen molar-refractivity contribution < 1.29 is 0 Å². The fourth-order valence-electron chi connectivity index (χ4n) is 2.49. The Kier molecular flexibility index (Phi) is 4.72. The maximum Gasteiger partial charge on any atom is 0.0485 e. The Morgan fingerprint density at radius 1 is 1.00 bits per heavy atom. The monoisotopic (exact) mass is 281 g/mol. The van der Waals surface area contributed by atoms with Gasteiger partial charge in [0.2, 0.25) is 0 Å².